The van der Waals surface area contributed by atoms with Crippen molar-refractivity contribution in [3.8, 4) is 17.0 Å². The molecule has 27 heavy (non-hydrogen) atoms. The average Bonchev–Trinajstić information content (AvgIpc) is 3.14. The summed E-state index contributed by atoms with van der Waals surface area (Å²) in [5.41, 5.74) is 0.761. The van der Waals surface area contributed by atoms with E-state index in [1.54, 1.807) is 50.5 Å². The van der Waals surface area contributed by atoms with E-state index in [1.165, 1.54) is 11.3 Å². The number of hydrogen-bond donors (Lipinski definition) is 1. The standard InChI is InChI=1S/C20H20ClN3O2S/c1-13(18-24-17(12-27-18)14-5-4-10-22-11-14)23-19(25)20(2,3)26-16-8-6-15(21)7-9-16/h4-13H,1-3H3,(H,23,25). The molecule has 1 amide bonds. The summed E-state index contributed by atoms with van der Waals surface area (Å²) in [6, 6.07) is 10.5. The highest BCUT2D eigenvalue weighted by Crippen LogP contribution is 2.26. The monoisotopic (exact) mass is 401 g/mol. The average molecular weight is 402 g/mol. The van der Waals surface area contributed by atoms with Crippen LogP contribution in [0.25, 0.3) is 11.3 Å². The molecule has 0 aliphatic carbocycles. The highest BCUT2D eigenvalue weighted by Gasteiger charge is 2.31. The number of benzene rings is 1. The smallest absolute Gasteiger partial charge is 0.264 e. The first kappa shape index (κ1) is 19.3. The molecule has 5 nitrogen and oxygen atoms in total. The topological polar surface area (TPSA) is 64.1 Å². The Labute approximate surface area is 167 Å². The molecule has 7 heteroatoms. The number of amides is 1. The number of rotatable bonds is 6. The second-order valence-electron chi connectivity index (χ2n) is 6.57. The summed E-state index contributed by atoms with van der Waals surface area (Å²) in [5, 5.41) is 6.38. The van der Waals surface area contributed by atoms with Crippen molar-refractivity contribution in [3.63, 3.8) is 0 Å². The molecule has 1 unspecified atom stereocenters. The molecule has 0 saturated heterocycles. The van der Waals surface area contributed by atoms with Gasteiger partial charge >= 0.3 is 0 Å². The van der Waals surface area contributed by atoms with Gasteiger partial charge in [0.1, 0.15) is 10.8 Å². The zero-order chi connectivity index (χ0) is 19.4. The molecule has 3 aromatic rings. The second kappa shape index (κ2) is 8.06. The van der Waals surface area contributed by atoms with Gasteiger partial charge in [-0.2, -0.15) is 0 Å². The van der Waals surface area contributed by atoms with Crippen molar-refractivity contribution in [1.82, 2.24) is 15.3 Å². The first-order valence-corrected chi connectivity index (χ1v) is 9.72. The fraction of sp³-hybridized carbons (Fsp3) is 0.250. The van der Waals surface area contributed by atoms with E-state index in [9.17, 15) is 4.79 Å². The van der Waals surface area contributed by atoms with Crippen molar-refractivity contribution < 1.29 is 9.53 Å². The molecule has 0 bridgehead atoms. The number of carbonyl (C=O) groups is 1. The Hall–Kier alpha value is -2.44. The minimum atomic E-state index is -1.04. The maximum Gasteiger partial charge on any atom is 0.264 e. The quantitative estimate of drug-likeness (QED) is 0.638. The van der Waals surface area contributed by atoms with Crippen molar-refractivity contribution >= 4 is 28.8 Å². The van der Waals surface area contributed by atoms with E-state index in [-0.39, 0.29) is 11.9 Å². The number of thiazole rings is 1. The lowest BCUT2D eigenvalue weighted by Crippen LogP contribution is -2.47. The van der Waals surface area contributed by atoms with Crippen LogP contribution in [0.15, 0.2) is 54.2 Å². The van der Waals surface area contributed by atoms with Crippen LogP contribution in [0.3, 0.4) is 0 Å². The van der Waals surface area contributed by atoms with Crippen LogP contribution >= 0.6 is 22.9 Å². The molecule has 1 aromatic carbocycles. The SMILES string of the molecule is CC(NC(=O)C(C)(C)Oc1ccc(Cl)cc1)c1nc(-c2cccnc2)cs1. The van der Waals surface area contributed by atoms with Gasteiger partial charge in [0.25, 0.3) is 5.91 Å². The predicted molar refractivity (Wildman–Crippen MR) is 108 cm³/mol. The molecule has 1 atom stereocenters. The van der Waals surface area contributed by atoms with E-state index in [1.807, 2.05) is 24.4 Å². The molecular weight excluding hydrogens is 382 g/mol. The lowest BCUT2D eigenvalue weighted by atomic mass is 10.1. The number of halogens is 1. The highest BCUT2D eigenvalue weighted by atomic mass is 35.5. The van der Waals surface area contributed by atoms with Crippen molar-refractivity contribution in [2.24, 2.45) is 0 Å². The van der Waals surface area contributed by atoms with E-state index in [4.69, 9.17) is 16.3 Å². The first-order valence-electron chi connectivity index (χ1n) is 8.46. The van der Waals surface area contributed by atoms with Crippen LogP contribution in [0.4, 0.5) is 0 Å². The van der Waals surface area contributed by atoms with Crippen molar-refractivity contribution in [2.45, 2.75) is 32.4 Å². The normalized spacial score (nSPS) is 12.4. The Bertz CT molecular complexity index is 910. The van der Waals surface area contributed by atoms with Crippen LogP contribution in [-0.2, 0) is 4.79 Å². The van der Waals surface area contributed by atoms with Gasteiger partial charge in [-0.15, -0.1) is 11.3 Å². The molecule has 140 valence electrons. The van der Waals surface area contributed by atoms with Gasteiger partial charge in [-0.3, -0.25) is 9.78 Å². The van der Waals surface area contributed by atoms with Crippen LogP contribution in [-0.4, -0.2) is 21.5 Å². The van der Waals surface area contributed by atoms with Crippen molar-refractivity contribution in [2.75, 3.05) is 0 Å². The van der Waals surface area contributed by atoms with E-state index < -0.39 is 5.60 Å². The molecule has 2 aromatic heterocycles. The molecule has 3 rings (SSSR count). The van der Waals surface area contributed by atoms with Crippen molar-refractivity contribution in [1.29, 1.82) is 0 Å². The Balaban J connectivity index is 1.66. The summed E-state index contributed by atoms with van der Waals surface area (Å²) in [6.07, 6.45) is 3.49. The molecular formula is C20H20ClN3O2S. The number of nitrogens with zero attached hydrogens (tertiary/aromatic N) is 2. The molecule has 0 aliphatic heterocycles. The van der Waals surface area contributed by atoms with Gasteiger partial charge in [-0.1, -0.05) is 11.6 Å². The largest absolute Gasteiger partial charge is 0.478 e. The van der Waals surface area contributed by atoms with Crippen LogP contribution in [0.1, 0.15) is 31.8 Å². The third-order valence-electron chi connectivity index (χ3n) is 3.93. The van der Waals surface area contributed by atoms with Gasteiger partial charge < -0.3 is 10.1 Å². The van der Waals surface area contributed by atoms with Gasteiger partial charge in [-0.25, -0.2) is 4.98 Å². The lowest BCUT2D eigenvalue weighted by molar-refractivity contribution is -0.134. The molecule has 2 heterocycles. The number of hydrogen-bond acceptors (Lipinski definition) is 5. The summed E-state index contributed by atoms with van der Waals surface area (Å²) in [7, 11) is 0. The third-order valence-corrected chi connectivity index (χ3v) is 5.21. The van der Waals surface area contributed by atoms with Gasteiger partial charge in [-0.05, 0) is 57.2 Å². The minimum absolute atomic E-state index is 0.219. The minimum Gasteiger partial charge on any atom is -0.478 e. The number of nitrogens with one attached hydrogen (secondary N) is 1. The summed E-state index contributed by atoms with van der Waals surface area (Å²) in [5.74, 6) is 0.364. The maximum atomic E-state index is 12.7. The predicted octanol–water partition coefficient (Wildman–Crippen LogP) is 4.89. The van der Waals surface area contributed by atoms with Crippen LogP contribution < -0.4 is 10.1 Å². The molecule has 0 saturated carbocycles. The highest BCUT2D eigenvalue weighted by molar-refractivity contribution is 7.10. The zero-order valence-electron chi connectivity index (χ0n) is 15.3. The Morgan fingerprint density at radius 1 is 1.26 bits per heavy atom. The fourth-order valence-corrected chi connectivity index (χ4v) is 3.37. The first-order chi connectivity index (χ1) is 12.8. The molecule has 0 radical (unpaired) electrons. The van der Waals surface area contributed by atoms with Gasteiger partial charge in [0.05, 0.1) is 11.7 Å². The van der Waals surface area contributed by atoms with E-state index >= 15 is 0 Å². The fourth-order valence-electron chi connectivity index (χ4n) is 2.41. The summed E-state index contributed by atoms with van der Waals surface area (Å²) < 4.78 is 5.83. The summed E-state index contributed by atoms with van der Waals surface area (Å²) >= 11 is 7.39. The maximum absolute atomic E-state index is 12.7. The van der Waals surface area contributed by atoms with E-state index in [2.05, 4.69) is 15.3 Å². The van der Waals surface area contributed by atoms with Gasteiger partial charge in [0.2, 0.25) is 0 Å². The number of ether oxygens (including phenoxy) is 1. The van der Waals surface area contributed by atoms with E-state index in [0.717, 1.165) is 16.3 Å². The Morgan fingerprint density at radius 3 is 2.67 bits per heavy atom. The second-order valence-corrected chi connectivity index (χ2v) is 7.90. The Morgan fingerprint density at radius 2 is 2.00 bits per heavy atom. The molecule has 0 fully saturated rings. The van der Waals surface area contributed by atoms with Gasteiger partial charge in [0.15, 0.2) is 5.60 Å². The zero-order valence-corrected chi connectivity index (χ0v) is 16.8. The van der Waals surface area contributed by atoms with E-state index in [0.29, 0.717) is 10.8 Å². The summed E-state index contributed by atoms with van der Waals surface area (Å²) in [4.78, 5) is 21.4. The van der Waals surface area contributed by atoms with Crippen molar-refractivity contribution in [3.05, 3.63) is 64.2 Å². The van der Waals surface area contributed by atoms with Crippen LogP contribution in [0.5, 0.6) is 5.75 Å². The molecule has 0 spiro atoms. The van der Waals surface area contributed by atoms with Crippen LogP contribution in [0.2, 0.25) is 5.02 Å². The number of carbonyl (C=O) groups excluding carboxylic acids is 1. The lowest BCUT2D eigenvalue weighted by Gasteiger charge is -2.26. The summed E-state index contributed by atoms with van der Waals surface area (Å²) in [6.45, 7) is 5.36. The third kappa shape index (κ3) is 4.84. The Kier molecular flexibility index (Phi) is 5.77. The molecule has 0 aliphatic rings. The van der Waals surface area contributed by atoms with Gasteiger partial charge in [0, 0.05) is 28.4 Å². The molecule has 1 N–H and O–H groups in total. The number of aromatic nitrogens is 2. The van der Waals surface area contributed by atoms with Crippen LogP contribution in [0, 0.1) is 0 Å². The number of pyridine rings is 1.